The highest BCUT2D eigenvalue weighted by atomic mass is 35.5. The van der Waals surface area contributed by atoms with E-state index in [2.05, 4.69) is 15.5 Å². The van der Waals surface area contributed by atoms with Crippen molar-refractivity contribution in [3.63, 3.8) is 0 Å². The van der Waals surface area contributed by atoms with E-state index in [1.165, 1.54) is 0 Å². The summed E-state index contributed by atoms with van der Waals surface area (Å²) in [6, 6.07) is 13.0. The minimum Gasteiger partial charge on any atom is -0.360 e. The topological polar surface area (TPSA) is 68.0 Å². The van der Waals surface area contributed by atoms with Crippen LogP contribution in [0.3, 0.4) is 0 Å². The van der Waals surface area contributed by atoms with E-state index < -0.39 is 0 Å². The lowest BCUT2D eigenvalue weighted by Crippen LogP contribution is -2.23. The molecule has 3 aromatic rings. The van der Waals surface area contributed by atoms with Crippen LogP contribution in [0.2, 0.25) is 5.15 Å². The van der Waals surface area contributed by atoms with Crippen molar-refractivity contribution < 1.29 is 9.32 Å². The Bertz CT molecular complexity index is 814. The molecule has 23 heavy (non-hydrogen) atoms. The van der Waals surface area contributed by atoms with Crippen LogP contribution in [0.4, 0.5) is 0 Å². The molecule has 0 saturated carbocycles. The molecule has 0 radical (unpaired) electrons. The van der Waals surface area contributed by atoms with E-state index in [9.17, 15) is 4.79 Å². The fourth-order valence-corrected chi connectivity index (χ4v) is 2.33. The Labute approximate surface area is 138 Å². The van der Waals surface area contributed by atoms with Gasteiger partial charge in [0.05, 0.1) is 0 Å². The number of aryl methyl sites for hydroxylation is 1. The van der Waals surface area contributed by atoms with Gasteiger partial charge in [0, 0.05) is 18.3 Å². The first-order chi connectivity index (χ1) is 11.1. The second kappa shape index (κ2) is 6.62. The first kappa shape index (κ1) is 15.2. The molecule has 0 unspecified atom stereocenters. The molecule has 0 bridgehead atoms. The number of hydrogen-bond acceptors (Lipinski definition) is 4. The Hall–Kier alpha value is -2.66. The molecule has 116 valence electrons. The minimum atomic E-state index is -0.238. The van der Waals surface area contributed by atoms with Crippen molar-refractivity contribution in [3.05, 3.63) is 70.7 Å². The van der Waals surface area contributed by atoms with Crippen LogP contribution in [0, 0.1) is 6.92 Å². The zero-order valence-corrected chi connectivity index (χ0v) is 13.2. The van der Waals surface area contributed by atoms with Crippen molar-refractivity contribution in [3.8, 4) is 11.3 Å². The van der Waals surface area contributed by atoms with Gasteiger partial charge in [-0.05, 0) is 18.6 Å². The summed E-state index contributed by atoms with van der Waals surface area (Å²) >= 11 is 5.75. The molecule has 0 aliphatic heterocycles. The summed E-state index contributed by atoms with van der Waals surface area (Å²) in [5, 5.41) is 7.28. The number of benzene rings is 1. The molecule has 0 aliphatic carbocycles. The highest BCUT2D eigenvalue weighted by Crippen LogP contribution is 2.24. The average Bonchev–Trinajstić information content (AvgIpc) is 2.96. The van der Waals surface area contributed by atoms with Crippen LogP contribution >= 0.6 is 11.6 Å². The summed E-state index contributed by atoms with van der Waals surface area (Å²) in [6.07, 6.45) is 1.63. The Kier molecular flexibility index (Phi) is 4.39. The summed E-state index contributed by atoms with van der Waals surface area (Å²) in [5.74, 6) is 0.244. The highest BCUT2D eigenvalue weighted by Gasteiger charge is 2.21. The Morgan fingerprint density at radius 1 is 1.22 bits per heavy atom. The van der Waals surface area contributed by atoms with Gasteiger partial charge in [0.15, 0.2) is 0 Å². The van der Waals surface area contributed by atoms with Gasteiger partial charge in [0.2, 0.25) is 0 Å². The van der Waals surface area contributed by atoms with Gasteiger partial charge in [0.1, 0.15) is 22.2 Å². The van der Waals surface area contributed by atoms with E-state index in [1.807, 2.05) is 36.4 Å². The molecule has 1 aromatic carbocycles. The number of nitrogens with zero attached hydrogens (tertiary/aromatic N) is 2. The molecular weight excluding hydrogens is 314 g/mol. The number of rotatable bonds is 4. The summed E-state index contributed by atoms with van der Waals surface area (Å²) in [7, 11) is 0. The maximum absolute atomic E-state index is 12.5. The number of carbonyl (C=O) groups excluding carboxylic acids is 1. The Morgan fingerprint density at radius 3 is 2.70 bits per heavy atom. The highest BCUT2D eigenvalue weighted by molar-refractivity contribution is 6.29. The van der Waals surface area contributed by atoms with Gasteiger partial charge >= 0.3 is 0 Å². The van der Waals surface area contributed by atoms with E-state index >= 15 is 0 Å². The molecule has 6 heteroatoms. The van der Waals surface area contributed by atoms with Crippen molar-refractivity contribution in [1.82, 2.24) is 15.5 Å². The van der Waals surface area contributed by atoms with Crippen LogP contribution in [-0.2, 0) is 6.54 Å². The summed E-state index contributed by atoms with van der Waals surface area (Å²) < 4.78 is 5.20. The summed E-state index contributed by atoms with van der Waals surface area (Å²) in [5.41, 5.74) is 2.67. The molecule has 3 rings (SSSR count). The van der Waals surface area contributed by atoms with E-state index in [4.69, 9.17) is 16.1 Å². The Balaban J connectivity index is 1.80. The maximum Gasteiger partial charge on any atom is 0.257 e. The Morgan fingerprint density at radius 2 is 2.00 bits per heavy atom. The van der Waals surface area contributed by atoms with Crippen LogP contribution in [-0.4, -0.2) is 16.0 Å². The molecule has 0 atom stereocenters. The third kappa shape index (κ3) is 3.40. The average molecular weight is 328 g/mol. The van der Waals surface area contributed by atoms with Gasteiger partial charge in [0.25, 0.3) is 5.91 Å². The first-order valence-corrected chi connectivity index (χ1v) is 7.43. The molecule has 1 N–H and O–H groups in total. The second-order valence-corrected chi connectivity index (χ2v) is 5.39. The van der Waals surface area contributed by atoms with Crippen LogP contribution in [0.1, 0.15) is 21.7 Å². The van der Waals surface area contributed by atoms with Crippen molar-refractivity contribution in [2.24, 2.45) is 0 Å². The number of amides is 1. The number of halogens is 1. The van der Waals surface area contributed by atoms with Gasteiger partial charge in [-0.1, -0.05) is 53.2 Å². The van der Waals surface area contributed by atoms with E-state index in [1.54, 1.807) is 19.2 Å². The lowest BCUT2D eigenvalue weighted by molar-refractivity contribution is 0.0950. The first-order valence-electron chi connectivity index (χ1n) is 7.05. The fourth-order valence-electron chi connectivity index (χ4n) is 2.21. The van der Waals surface area contributed by atoms with Crippen molar-refractivity contribution >= 4 is 17.5 Å². The molecular formula is C17H14ClN3O2. The predicted octanol–water partition coefficient (Wildman–Crippen LogP) is 3.63. The molecule has 0 fully saturated rings. The van der Waals surface area contributed by atoms with Crippen molar-refractivity contribution in [2.75, 3.05) is 0 Å². The lowest BCUT2D eigenvalue weighted by atomic mass is 10.1. The van der Waals surface area contributed by atoms with Crippen LogP contribution < -0.4 is 5.32 Å². The normalized spacial score (nSPS) is 10.5. The monoisotopic (exact) mass is 327 g/mol. The molecule has 5 nitrogen and oxygen atoms in total. The third-order valence-electron chi connectivity index (χ3n) is 3.38. The van der Waals surface area contributed by atoms with Gasteiger partial charge in [-0.25, -0.2) is 4.98 Å². The number of aromatic nitrogens is 2. The SMILES string of the molecule is Cc1onc(-c2ccccc2)c1C(=O)NCc1ccc(Cl)nc1. The quantitative estimate of drug-likeness (QED) is 0.743. The zero-order chi connectivity index (χ0) is 16.2. The molecule has 2 aromatic heterocycles. The summed E-state index contributed by atoms with van der Waals surface area (Å²) in [6.45, 7) is 2.07. The maximum atomic E-state index is 12.5. The second-order valence-electron chi connectivity index (χ2n) is 5.00. The van der Waals surface area contributed by atoms with E-state index in [0.717, 1.165) is 11.1 Å². The predicted molar refractivity (Wildman–Crippen MR) is 87.1 cm³/mol. The summed E-state index contributed by atoms with van der Waals surface area (Å²) in [4.78, 5) is 16.5. The standard InChI is InChI=1S/C17H14ClN3O2/c1-11-15(16(21-23-11)13-5-3-2-4-6-13)17(22)20-10-12-7-8-14(18)19-9-12/h2-9H,10H2,1H3,(H,20,22). The molecule has 0 aliphatic rings. The van der Waals surface area contributed by atoms with Crippen molar-refractivity contribution in [2.45, 2.75) is 13.5 Å². The third-order valence-corrected chi connectivity index (χ3v) is 3.60. The number of carbonyl (C=O) groups is 1. The van der Waals surface area contributed by atoms with E-state index in [-0.39, 0.29) is 5.91 Å². The van der Waals surface area contributed by atoms with Gasteiger partial charge in [-0.2, -0.15) is 0 Å². The molecule has 2 heterocycles. The fraction of sp³-hybridized carbons (Fsp3) is 0.118. The van der Waals surface area contributed by atoms with Gasteiger partial charge in [-0.15, -0.1) is 0 Å². The van der Waals surface area contributed by atoms with Crippen molar-refractivity contribution in [1.29, 1.82) is 0 Å². The van der Waals surface area contributed by atoms with Gasteiger partial charge < -0.3 is 9.84 Å². The largest absolute Gasteiger partial charge is 0.360 e. The van der Waals surface area contributed by atoms with E-state index in [0.29, 0.717) is 28.7 Å². The molecule has 1 amide bonds. The lowest BCUT2D eigenvalue weighted by Gasteiger charge is -2.06. The van der Waals surface area contributed by atoms with Crippen LogP contribution in [0.15, 0.2) is 53.2 Å². The van der Waals surface area contributed by atoms with Crippen LogP contribution in [0.5, 0.6) is 0 Å². The number of pyridine rings is 1. The smallest absolute Gasteiger partial charge is 0.257 e. The molecule has 0 saturated heterocycles. The minimum absolute atomic E-state index is 0.238. The number of nitrogens with one attached hydrogen (secondary N) is 1. The number of hydrogen-bond donors (Lipinski definition) is 1. The van der Waals surface area contributed by atoms with Crippen LogP contribution in [0.25, 0.3) is 11.3 Å². The molecule has 0 spiro atoms. The zero-order valence-electron chi connectivity index (χ0n) is 12.4. The van der Waals surface area contributed by atoms with Gasteiger partial charge in [-0.3, -0.25) is 4.79 Å².